The molecule has 2 nitrogen and oxygen atoms in total. The lowest BCUT2D eigenvalue weighted by molar-refractivity contribution is 1.18. The first-order chi connectivity index (χ1) is 30.7. The van der Waals surface area contributed by atoms with Crippen molar-refractivity contribution in [1.82, 2.24) is 4.57 Å². The van der Waals surface area contributed by atoms with Gasteiger partial charge in [0.2, 0.25) is 0 Å². The second-order valence-corrected chi connectivity index (χ2v) is 16.1. The van der Waals surface area contributed by atoms with Crippen LogP contribution in [0.25, 0.3) is 93.2 Å². The van der Waals surface area contributed by atoms with Crippen molar-refractivity contribution in [2.24, 2.45) is 0 Å². The molecule has 1 aromatic heterocycles. The standard InChI is InChI=1S/C60H40N2/c1-2-12-41(13-3-1)42-24-32-48(33-25-42)61(49-34-26-43(27-35-49)47-23-22-46-31-38-53-51-15-5-4-14-44(51)30-39-54(53)57(46)40-47)58-19-9-6-16-52(58)45-28-36-50(37-29-45)62-59-20-10-7-17-55(59)56-18-8-11-21-60(56)62/h1-40H. The molecule has 0 unspecified atom stereocenters. The lowest BCUT2D eigenvalue weighted by atomic mass is 9.94. The van der Waals surface area contributed by atoms with Crippen LogP contribution in [0.1, 0.15) is 0 Å². The van der Waals surface area contributed by atoms with Crippen LogP contribution in [0.4, 0.5) is 17.1 Å². The second kappa shape index (κ2) is 14.8. The van der Waals surface area contributed by atoms with Crippen LogP contribution in [0, 0.1) is 0 Å². The van der Waals surface area contributed by atoms with Crippen LogP contribution < -0.4 is 4.90 Å². The van der Waals surface area contributed by atoms with E-state index >= 15 is 0 Å². The molecule has 0 N–H and O–H groups in total. The highest BCUT2D eigenvalue weighted by molar-refractivity contribution is 6.18. The molecule has 0 fully saturated rings. The highest BCUT2D eigenvalue weighted by Gasteiger charge is 2.19. The minimum absolute atomic E-state index is 1.09. The summed E-state index contributed by atoms with van der Waals surface area (Å²) in [7, 11) is 0. The number of fused-ring (bicyclic) bond motifs is 8. The zero-order valence-electron chi connectivity index (χ0n) is 34.0. The summed E-state index contributed by atoms with van der Waals surface area (Å²) in [6.07, 6.45) is 0. The molecule has 0 spiro atoms. The van der Waals surface area contributed by atoms with Crippen LogP contribution in [0.5, 0.6) is 0 Å². The maximum Gasteiger partial charge on any atom is 0.0541 e. The number of nitrogens with zero attached hydrogens (tertiary/aromatic N) is 2. The van der Waals surface area contributed by atoms with Gasteiger partial charge in [-0.25, -0.2) is 0 Å². The van der Waals surface area contributed by atoms with E-state index in [9.17, 15) is 0 Å². The van der Waals surface area contributed by atoms with Gasteiger partial charge in [-0.05, 0) is 121 Å². The van der Waals surface area contributed by atoms with Crippen LogP contribution >= 0.6 is 0 Å². The summed E-state index contributed by atoms with van der Waals surface area (Å²) in [4.78, 5) is 2.40. The van der Waals surface area contributed by atoms with Crippen LogP contribution in [-0.4, -0.2) is 4.57 Å². The maximum absolute atomic E-state index is 2.40. The molecule has 11 aromatic carbocycles. The van der Waals surface area contributed by atoms with Crippen LogP contribution in [0.15, 0.2) is 243 Å². The predicted octanol–water partition coefficient (Wildman–Crippen LogP) is 16.7. The number of hydrogen-bond donors (Lipinski definition) is 0. The Kier molecular flexibility index (Phi) is 8.53. The zero-order valence-corrected chi connectivity index (χ0v) is 34.0. The molecule has 12 aromatic rings. The van der Waals surface area contributed by atoms with Gasteiger partial charge in [0.05, 0.1) is 16.7 Å². The summed E-state index contributed by atoms with van der Waals surface area (Å²) < 4.78 is 2.38. The Balaban J connectivity index is 0.953. The van der Waals surface area contributed by atoms with E-state index in [1.165, 1.54) is 76.4 Å². The van der Waals surface area contributed by atoms with Crippen molar-refractivity contribution in [2.45, 2.75) is 0 Å². The third kappa shape index (κ3) is 6.04. The van der Waals surface area contributed by atoms with Crippen molar-refractivity contribution in [1.29, 1.82) is 0 Å². The normalized spacial score (nSPS) is 11.5. The van der Waals surface area contributed by atoms with E-state index in [1.807, 2.05) is 0 Å². The Bertz CT molecular complexity index is 3550. The molecular formula is C60H40N2. The fourth-order valence-electron chi connectivity index (χ4n) is 9.56. The Morgan fingerprint density at radius 3 is 1.42 bits per heavy atom. The third-order valence-corrected chi connectivity index (χ3v) is 12.6. The molecule has 290 valence electrons. The highest BCUT2D eigenvalue weighted by Crippen LogP contribution is 2.43. The lowest BCUT2D eigenvalue weighted by Gasteiger charge is -2.28. The number of benzene rings is 11. The minimum atomic E-state index is 1.09. The summed E-state index contributed by atoms with van der Waals surface area (Å²) in [5, 5.41) is 10.2. The van der Waals surface area contributed by atoms with Gasteiger partial charge in [0, 0.05) is 33.4 Å². The average Bonchev–Trinajstić information content (AvgIpc) is 3.69. The number of rotatable bonds is 7. The van der Waals surface area contributed by atoms with Gasteiger partial charge in [0.15, 0.2) is 0 Å². The Morgan fingerprint density at radius 2 is 0.742 bits per heavy atom. The third-order valence-electron chi connectivity index (χ3n) is 12.6. The van der Waals surface area contributed by atoms with Gasteiger partial charge in [-0.2, -0.15) is 0 Å². The van der Waals surface area contributed by atoms with E-state index in [1.54, 1.807) is 0 Å². The SMILES string of the molecule is c1ccc(-c2ccc(N(c3ccc(-c4ccc5ccc6c7ccccc7ccc6c5c4)cc3)c3ccccc3-c3ccc(-n4c5ccccc5c5ccccc54)cc3)cc2)cc1. The highest BCUT2D eigenvalue weighted by atomic mass is 15.1. The first-order valence-electron chi connectivity index (χ1n) is 21.3. The quantitative estimate of drug-likeness (QED) is 0.146. The second-order valence-electron chi connectivity index (χ2n) is 16.1. The van der Waals surface area contributed by atoms with Gasteiger partial charge in [-0.1, -0.05) is 182 Å². The predicted molar refractivity (Wildman–Crippen MR) is 264 cm³/mol. The first kappa shape index (κ1) is 35.7. The Labute approximate surface area is 360 Å². The van der Waals surface area contributed by atoms with Crippen LogP contribution in [0.2, 0.25) is 0 Å². The van der Waals surface area contributed by atoms with Crippen LogP contribution in [-0.2, 0) is 0 Å². The monoisotopic (exact) mass is 788 g/mol. The molecule has 0 saturated heterocycles. The molecule has 0 aliphatic rings. The average molecular weight is 789 g/mol. The van der Waals surface area contributed by atoms with Gasteiger partial charge >= 0.3 is 0 Å². The van der Waals surface area contributed by atoms with Crippen molar-refractivity contribution in [3.05, 3.63) is 243 Å². The first-order valence-corrected chi connectivity index (χ1v) is 21.3. The zero-order chi connectivity index (χ0) is 41.0. The summed E-state index contributed by atoms with van der Waals surface area (Å²) in [5.74, 6) is 0. The largest absolute Gasteiger partial charge is 0.310 e. The summed E-state index contributed by atoms with van der Waals surface area (Å²) in [5.41, 5.74) is 13.9. The number of aromatic nitrogens is 1. The molecule has 0 atom stereocenters. The van der Waals surface area contributed by atoms with Crippen molar-refractivity contribution in [3.8, 4) is 39.1 Å². The van der Waals surface area contributed by atoms with E-state index in [0.29, 0.717) is 0 Å². The molecule has 1 heterocycles. The van der Waals surface area contributed by atoms with Crippen molar-refractivity contribution in [3.63, 3.8) is 0 Å². The van der Waals surface area contributed by atoms with E-state index in [4.69, 9.17) is 0 Å². The van der Waals surface area contributed by atoms with E-state index < -0.39 is 0 Å². The van der Waals surface area contributed by atoms with Crippen molar-refractivity contribution >= 4 is 71.2 Å². The Hall–Kier alpha value is -8.20. The number of hydrogen-bond acceptors (Lipinski definition) is 1. The molecule has 62 heavy (non-hydrogen) atoms. The van der Waals surface area contributed by atoms with Crippen molar-refractivity contribution in [2.75, 3.05) is 4.90 Å². The van der Waals surface area contributed by atoms with Crippen LogP contribution in [0.3, 0.4) is 0 Å². The molecule has 12 rings (SSSR count). The van der Waals surface area contributed by atoms with E-state index in [0.717, 1.165) is 33.9 Å². The molecule has 0 radical (unpaired) electrons. The summed E-state index contributed by atoms with van der Waals surface area (Å²) in [6.45, 7) is 0. The minimum Gasteiger partial charge on any atom is -0.310 e. The van der Waals surface area contributed by atoms with Gasteiger partial charge < -0.3 is 9.47 Å². The molecule has 0 aliphatic heterocycles. The lowest BCUT2D eigenvalue weighted by Crippen LogP contribution is -2.11. The van der Waals surface area contributed by atoms with Gasteiger partial charge in [0.1, 0.15) is 0 Å². The fraction of sp³-hybridized carbons (Fsp3) is 0. The topological polar surface area (TPSA) is 8.17 Å². The Morgan fingerprint density at radius 1 is 0.274 bits per heavy atom. The van der Waals surface area contributed by atoms with Gasteiger partial charge in [0.25, 0.3) is 0 Å². The maximum atomic E-state index is 2.40. The number of para-hydroxylation sites is 3. The molecule has 0 bridgehead atoms. The summed E-state index contributed by atoms with van der Waals surface area (Å²) >= 11 is 0. The smallest absolute Gasteiger partial charge is 0.0541 e. The molecular weight excluding hydrogens is 749 g/mol. The molecule has 0 amide bonds. The molecule has 2 heteroatoms. The van der Waals surface area contributed by atoms with E-state index in [2.05, 4.69) is 252 Å². The summed E-state index contributed by atoms with van der Waals surface area (Å²) in [6, 6.07) is 88.4. The van der Waals surface area contributed by atoms with Crippen molar-refractivity contribution < 1.29 is 0 Å². The van der Waals surface area contributed by atoms with Gasteiger partial charge in [-0.3, -0.25) is 0 Å². The van der Waals surface area contributed by atoms with Gasteiger partial charge in [-0.15, -0.1) is 0 Å². The molecule has 0 aliphatic carbocycles. The fourth-order valence-corrected chi connectivity index (χ4v) is 9.56. The number of anilines is 3. The van der Waals surface area contributed by atoms with E-state index in [-0.39, 0.29) is 0 Å². The molecule has 0 saturated carbocycles.